The Labute approximate surface area is 129 Å². The van der Waals surface area contributed by atoms with Crippen molar-refractivity contribution in [2.24, 2.45) is 0 Å². The summed E-state index contributed by atoms with van der Waals surface area (Å²) < 4.78 is 0. The summed E-state index contributed by atoms with van der Waals surface area (Å²) in [5.74, 6) is 0.888. The third-order valence-electron chi connectivity index (χ3n) is 4.27. The summed E-state index contributed by atoms with van der Waals surface area (Å²) in [5.41, 5.74) is 4.39. The van der Waals surface area contributed by atoms with Crippen LogP contribution in [0.25, 0.3) is 10.9 Å². The van der Waals surface area contributed by atoms with Crippen molar-refractivity contribution in [2.75, 3.05) is 5.32 Å². The first-order valence-corrected chi connectivity index (χ1v) is 7.49. The molecule has 106 valence electrons. The largest absolute Gasteiger partial charge is 0.363 e. The summed E-state index contributed by atoms with van der Waals surface area (Å²) in [7, 11) is 0. The van der Waals surface area contributed by atoms with Gasteiger partial charge < -0.3 is 5.32 Å². The van der Waals surface area contributed by atoms with Gasteiger partial charge in [0.1, 0.15) is 5.82 Å². The topological polar surface area (TPSA) is 48.7 Å². The molecular formula is C19H15N3. The molecule has 1 heterocycles. The van der Waals surface area contributed by atoms with E-state index in [4.69, 9.17) is 5.26 Å². The van der Waals surface area contributed by atoms with Gasteiger partial charge in [-0.25, -0.2) is 4.98 Å². The molecule has 1 unspecified atom stereocenters. The highest BCUT2D eigenvalue weighted by atomic mass is 15.0. The van der Waals surface area contributed by atoms with Gasteiger partial charge in [0.2, 0.25) is 0 Å². The Kier molecular flexibility index (Phi) is 3.01. The minimum absolute atomic E-state index is 0.333. The molecule has 0 saturated carbocycles. The molecule has 0 saturated heterocycles. The fourth-order valence-corrected chi connectivity index (χ4v) is 3.16. The van der Waals surface area contributed by atoms with E-state index in [1.54, 1.807) is 0 Å². The lowest BCUT2D eigenvalue weighted by Gasteiger charge is -2.15. The molecule has 3 nitrogen and oxygen atoms in total. The van der Waals surface area contributed by atoms with Gasteiger partial charge in [-0.1, -0.05) is 24.3 Å². The van der Waals surface area contributed by atoms with Crippen molar-refractivity contribution in [3.8, 4) is 6.07 Å². The van der Waals surface area contributed by atoms with Crippen LogP contribution in [-0.4, -0.2) is 4.98 Å². The average molecular weight is 285 g/mol. The van der Waals surface area contributed by atoms with Crippen LogP contribution in [0.4, 0.5) is 5.82 Å². The van der Waals surface area contributed by atoms with Crippen LogP contribution in [-0.2, 0) is 6.42 Å². The number of nitriles is 1. The predicted octanol–water partition coefficient (Wildman–Crippen LogP) is 4.21. The van der Waals surface area contributed by atoms with Crippen LogP contribution >= 0.6 is 0 Å². The Morgan fingerprint density at radius 2 is 2.00 bits per heavy atom. The zero-order chi connectivity index (χ0) is 14.9. The summed E-state index contributed by atoms with van der Waals surface area (Å²) in [4.78, 5) is 4.67. The highest BCUT2D eigenvalue weighted by Crippen LogP contribution is 2.33. The molecule has 4 rings (SSSR count). The van der Waals surface area contributed by atoms with Gasteiger partial charge in [-0.2, -0.15) is 5.26 Å². The lowest BCUT2D eigenvalue weighted by molar-refractivity contribution is 0.758. The number of fused-ring (bicyclic) bond motifs is 2. The average Bonchev–Trinajstić information content (AvgIpc) is 2.97. The number of nitrogens with one attached hydrogen (secondary N) is 1. The number of hydrogen-bond acceptors (Lipinski definition) is 3. The normalized spacial score (nSPS) is 16.2. The SMILES string of the molecule is N#Cc1ccc2nc(NC3CCc4ccccc43)ccc2c1. The zero-order valence-electron chi connectivity index (χ0n) is 12.1. The maximum atomic E-state index is 8.95. The van der Waals surface area contributed by atoms with Gasteiger partial charge in [-0.3, -0.25) is 0 Å². The Bertz CT molecular complexity index is 893. The van der Waals surface area contributed by atoms with Gasteiger partial charge in [0.25, 0.3) is 0 Å². The molecule has 2 aromatic carbocycles. The van der Waals surface area contributed by atoms with Gasteiger partial charge in [0.05, 0.1) is 23.2 Å². The van der Waals surface area contributed by atoms with Crippen LogP contribution in [0.3, 0.4) is 0 Å². The molecular weight excluding hydrogens is 270 g/mol. The van der Waals surface area contributed by atoms with E-state index in [2.05, 4.69) is 40.6 Å². The molecule has 1 N–H and O–H groups in total. The number of rotatable bonds is 2. The molecule has 3 heteroatoms. The molecule has 3 aromatic rings. The first kappa shape index (κ1) is 12.8. The first-order chi connectivity index (χ1) is 10.8. The van der Waals surface area contributed by atoms with Crippen molar-refractivity contribution in [3.63, 3.8) is 0 Å². The molecule has 1 aliphatic rings. The van der Waals surface area contributed by atoms with Gasteiger partial charge in [0, 0.05) is 5.39 Å². The molecule has 1 aliphatic carbocycles. The van der Waals surface area contributed by atoms with Crippen molar-refractivity contribution >= 4 is 16.7 Å². The second-order valence-electron chi connectivity index (χ2n) is 5.65. The van der Waals surface area contributed by atoms with Gasteiger partial charge in [0.15, 0.2) is 0 Å². The Balaban J connectivity index is 1.64. The number of aryl methyl sites for hydroxylation is 1. The van der Waals surface area contributed by atoms with Crippen LogP contribution in [0, 0.1) is 11.3 Å². The van der Waals surface area contributed by atoms with Crippen molar-refractivity contribution < 1.29 is 0 Å². The molecule has 22 heavy (non-hydrogen) atoms. The molecule has 0 amide bonds. The van der Waals surface area contributed by atoms with E-state index in [1.165, 1.54) is 11.1 Å². The van der Waals surface area contributed by atoms with Crippen molar-refractivity contribution in [3.05, 3.63) is 71.3 Å². The standard InChI is InChI=1S/C19H15N3/c20-12-13-5-8-17-15(11-13)7-10-19(21-17)22-18-9-6-14-3-1-2-4-16(14)18/h1-5,7-8,10-11,18H,6,9H2,(H,21,22). The second kappa shape index (κ2) is 5.16. The molecule has 0 radical (unpaired) electrons. The van der Waals surface area contributed by atoms with Crippen LogP contribution in [0.5, 0.6) is 0 Å². The fourth-order valence-electron chi connectivity index (χ4n) is 3.16. The summed E-state index contributed by atoms with van der Waals surface area (Å²) >= 11 is 0. The van der Waals surface area contributed by atoms with E-state index in [0.717, 1.165) is 29.6 Å². The quantitative estimate of drug-likeness (QED) is 0.767. The van der Waals surface area contributed by atoms with Crippen LogP contribution in [0.2, 0.25) is 0 Å². The predicted molar refractivity (Wildman–Crippen MR) is 87.6 cm³/mol. The smallest absolute Gasteiger partial charge is 0.127 e. The van der Waals surface area contributed by atoms with Crippen molar-refractivity contribution in [1.82, 2.24) is 4.98 Å². The molecule has 1 aromatic heterocycles. The number of anilines is 1. The lowest BCUT2D eigenvalue weighted by Crippen LogP contribution is -2.08. The minimum atomic E-state index is 0.333. The molecule has 0 spiro atoms. The summed E-state index contributed by atoms with van der Waals surface area (Å²) in [6, 6.07) is 20.7. The Morgan fingerprint density at radius 1 is 1.09 bits per heavy atom. The molecule has 0 aliphatic heterocycles. The maximum Gasteiger partial charge on any atom is 0.127 e. The number of hydrogen-bond donors (Lipinski definition) is 1. The van der Waals surface area contributed by atoms with Crippen LogP contribution in [0.1, 0.15) is 29.2 Å². The van der Waals surface area contributed by atoms with E-state index >= 15 is 0 Å². The number of nitrogens with zero attached hydrogens (tertiary/aromatic N) is 2. The first-order valence-electron chi connectivity index (χ1n) is 7.49. The van der Waals surface area contributed by atoms with E-state index in [-0.39, 0.29) is 0 Å². The Morgan fingerprint density at radius 3 is 2.91 bits per heavy atom. The van der Waals surface area contributed by atoms with Crippen molar-refractivity contribution in [2.45, 2.75) is 18.9 Å². The highest BCUT2D eigenvalue weighted by molar-refractivity contribution is 5.81. The number of pyridine rings is 1. The van der Waals surface area contributed by atoms with E-state index in [0.29, 0.717) is 11.6 Å². The van der Waals surface area contributed by atoms with E-state index in [9.17, 15) is 0 Å². The molecule has 1 atom stereocenters. The summed E-state index contributed by atoms with van der Waals surface area (Å²) in [6.45, 7) is 0. The third kappa shape index (κ3) is 2.19. The summed E-state index contributed by atoms with van der Waals surface area (Å²) in [5, 5.41) is 13.5. The van der Waals surface area contributed by atoms with Gasteiger partial charge >= 0.3 is 0 Å². The minimum Gasteiger partial charge on any atom is -0.363 e. The second-order valence-corrected chi connectivity index (χ2v) is 5.65. The monoisotopic (exact) mass is 285 g/mol. The maximum absolute atomic E-state index is 8.95. The van der Waals surface area contributed by atoms with E-state index < -0.39 is 0 Å². The molecule has 0 bridgehead atoms. The fraction of sp³-hybridized carbons (Fsp3) is 0.158. The van der Waals surface area contributed by atoms with Crippen LogP contribution < -0.4 is 5.32 Å². The zero-order valence-corrected chi connectivity index (χ0v) is 12.1. The molecule has 0 fully saturated rings. The van der Waals surface area contributed by atoms with Crippen molar-refractivity contribution in [1.29, 1.82) is 5.26 Å². The third-order valence-corrected chi connectivity index (χ3v) is 4.27. The van der Waals surface area contributed by atoms with E-state index in [1.807, 2.05) is 30.3 Å². The Hall–Kier alpha value is -2.86. The highest BCUT2D eigenvalue weighted by Gasteiger charge is 2.21. The van der Waals surface area contributed by atoms with Crippen LogP contribution in [0.15, 0.2) is 54.6 Å². The van der Waals surface area contributed by atoms with Gasteiger partial charge in [-0.05, 0) is 54.3 Å². The number of aromatic nitrogens is 1. The lowest BCUT2D eigenvalue weighted by atomic mass is 10.1. The number of benzene rings is 2. The van der Waals surface area contributed by atoms with Gasteiger partial charge in [-0.15, -0.1) is 0 Å². The summed E-state index contributed by atoms with van der Waals surface area (Å²) in [6.07, 6.45) is 2.22.